The summed E-state index contributed by atoms with van der Waals surface area (Å²) in [7, 11) is 0. The highest BCUT2D eigenvalue weighted by atomic mass is 35.5. The third kappa shape index (κ3) is 4.50. The molecule has 0 saturated carbocycles. The summed E-state index contributed by atoms with van der Waals surface area (Å²) in [5.74, 6) is 1.43. The average Bonchev–Trinajstić information content (AvgIpc) is 3.34. The number of halogens is 3. The van der Waals surface area contributed by atoms with E-state index >= 15 is 0 Å². The highest BCUT2D eigenvalue weighted by Gasteiger charge is 2.17. The van der Waals surface area contributed by atoms with Crippen molar-refractivity contribution in [2.45, 2.75) is 19.8 Å². The molecule has 2 aromatic carbocycles. The van der Waals surface area contributed by atoms with Gasteiger partial charge in [0.15, 0.2) is 0 Å². The van der Waals surface area contributed by atoms with Gasteiger partial charge in [0.1, 0.15) is 28.8 Å². The van der Waals surface area contributed by atoms with E-state index in [0.29, 0.717) is 36.2 Å². The number of oxazole rings is 1. The summed E-state index contributed by atoms with van der Waals surface area (Å²) in [6.07, 6.45) is 4.74. The minimum atomic E-state index is -0.505. The lowest BCUT2D eigenvalue weighted by Crippen LogP contribution is -2.00. The highest BCUT2D eigenvalue weighted by molar-refractivity contribution is 6.31. The van der Waals surface area contributed by atoms with E-state index in [2.05, 4.69) is 9.97 Å². The van der Waals surface area contributed by atoms with Gasteiger partial charge in [0, 0.05) is 35.5 Å². The Balaban J connectivity index is 1.52. The quantitative estimate of drug-likeness (QED) is 0.313. The third-order valence-electron chi connectivity index (χ3n) is 4.54. The summed E-state index contributed by atoms with van der Waals surface area (Å²) in [5, 5.41) is 0.719. The van der Waals surface area contributed by atoms with Gasteiger partial charge in [-0.05, 0) is 37.6 Å². The van der Waals surface area contributed by atoms with Gasteiger partial charge in [0.2, 0.25) is 0 Å². The van der Waals surface area contributed by atoms with Crippen molar-refractivity contribution in [2.24, 2.45) is 0 Å². The molecule has 154 valence electrons. The molecule has 8 heteroatoms. The molecule has 0 aliphatic heterocycles. The van der Waals surface area contributed by atoms with Crippen LogP contribution in [0.3, 0.4) is 0 Å². The number of nitrogens with zero attached hydrogens (tertiary/aromatic N) is 3. The van der Waals surface area contributed by atoms with E-state index in [4.69, 9.17) is 32.4 Å². The fraction of sp³-hybridized carbons (Fsp3) is 0.182. The molecule has 0 radical (unpaired) electrons. The Labute approximate surface area is 183 Å². The Morgan fingerprint density at radius 3 is 2.63 bits per heavy atom. The Morgan fingerprint density at radius 1 is 1.13 bits per heavy atom. The van der Waals surface area contributed by atoms with Gasteiger partial charge in [0.25, 0.3) is 0 Å². The van der Waals surface area contributed by atoms with Crippen LogP contribution in [0, 0.1) is 12.7 Å². The van der Waals surface area contributed by atoms with Gasteiger partial charge >= 0.3 is 6.01 Å². The molecule has 0 unspecified atom stereocenters. The summed E-state index contributed by atoms with van der Waals surface area (Å²) in [5.41, 5.74) is 1.65. The zero-order valence-corrected chi connectivity index (χ0v) is 17.6. The predicted molar refractivity (Wildman–Crippen MR) is 114 cm³/mol. The molecule has 0 aliphatic carbocycles. The molecule has 0 fully saturated rings. The van der Waals surface area contributed by atoms with Gasteiger partial charge in [-0.25, -0.2) is 9.37 Å². The molecule has 4 aromatic rings. The zero-order valence-electron chi connectivity index (χ0n) is 16.1. The van der Waals surface area contributed by atoms with Crippen LogP contribution in [0.1, 0.15) is 18.0 Å². The van der Waals surface area contributed by atoms with E-state index in [1.165, 1.54) is 12.1 Å². The van der Waals surface area contributed by atoms with Gasteiger partial charge in [-0.3, -0.25) is 4.57 Å². The number of rotatable bonds is 7. The van der Waals surface area contributed by atoms with E-state index in [9.17, 15) is 4.39 Å². The summed E-state index contributed by atoms with van der Waals surface area (Å²) >= 11 is 11.7. The first kappa shape index (κ1) is 20.4. The molecule has 2 aromatic heterocycles. The van der Waals surface area contributed by atoms with Crippen LogP contribution in [0.4, 0.5) is 4.39 Å². The van der Waals surface area contributed by atoms with Crippen LogP contribution in [0.15, 0.2) is 59.3 Å². The molecule has 0 saturated heterocycles. The standard InChI is InChI=1S/C22H18Cl2FN3O2/c1-14-26-10-11-28(14)22-27-21(15-4-6-16(23)7-5-15)20(30-22)3-2-12-29-17-8-9-18(24)19(25)13-17/h4-11,13H,2-3,12H2,1H3. The van der Waals surface area contributed by atoms with E-state index in [1.54, 1.807) is 23.0 Å². The monoisotopic (exact) mass is 445 g/mol. The maximum Gasteiger partial charge on any atom is 0.307 e. The number of benzene rings is 2. The maximum absolute atomic E-state index is 13.5. The van der Waals surface area contributed by atoms with E-state index in [-0.39, 0.29) is 5.02 Å². The number of imidazole rings is 1. The first-order chi connectivity index (χ1) is 14.5. The fourth-order valence-electron chi connectivity index (χ4n) is 3.01. The second kappa shape index (κ2) is 8.90. The lowest BCUT2D eigenvalue weighted by molar-refractivity contribution is 0.304. The summed E-state index contributed by atoms with van der Waals surface area (Å²) in [6, 6.07) is 12.3. The Bertz CT molecular complexity index is 1160. The van der Waals surface area contributed by atoms with Crippen molar-refractivity contribution < 1.29 is 13.5 Å². The second-order valence-corrected chi connectivity index (χ2v) is 7.49. The van der Waals surface area contributed by atoms with Crippen LogP contribution in [-0.4, -0.2) is 21.1 Å². The molecule has 0 amide bonds. The minimum Gasteiger partial charge on any atom is -0.493 e. The number of aryl methyl sites for hydroxylation is 2. The summed E-state index contributed by atoms with van der Waals surface area (Å²) < 4.78 is 27.0. The molecule has 0 spiro atoms. The van der Waals surface area contributed by atoms with Gasteiger partial charge in [-0.1, -0.05) is 35.3 Å². The van der Waals surface area contributed by atoms with Crippen LogP contribution in [0.2, 0.25) is 10.0 Å². The molecule has 0 bridgehead atoms. The fourth-order valence-corrected chi connectivity index (χ4v) is 3.26. The maximum atomic E-state index is 13.5. The highest BCUT2D eigenvalue weighted by Crippen LogP contribution is 2.28. The van der Waals surface area contributed by atoms with Crippen molar-refractivity contribution in [2.75, 3.05) is 6.61 Å². The Morgan fingerprint density at radius 2 is 1.93 bits per heavy atom. The second-order valence-electron chi connectivity index (χ2n) is 6.65. The smallest absolute Gasteiger partial charge is 0.307 e. The number of hydrogen-bond donors (Lipinski definition) is 0. The Kier molecular flexibility index (Phi) is 6.06. The lowest BCUT2D eigenvalue weighted by Gasteiger charge is -2.06. The lowest BCUT2D eigenvalue weighted by atomic mass is 10.1. The van der Waals surface area contributed by atoms with Gasteiger partial charge in [-0.2, -0.15) is 4.98 Å². The van der Waals surface area contributed by atoms with Crippen molar-refractivity contribution in [3.05, 3.63) is 82.3 Å². The van der Waals surface area contributed by atoms with Crippen LogP contribution in [0.5, 0.6) is 5.75 Å². The SMILES string of the molecule is Cc1nccn1-c1nc(-c2ccc(Cl)cc2)c(CCCOc2ccc(Cl)c(F)c2)o1. The van der Waals surface area contributed by atoms with Crippen molar-refractivity contribution in [1.29, 1.82) is 0 Å². The van der Waals surface area contributed by atoms with Crippen molar-refractivity contribution in [3.63, 3.8) is 0 Å². The van der Waals surface area contributed by atoms with Crippen molar-refractivity contribution in [1.82, 2.24) is 14.5 Å². The summed E-state index contributed by atoms with van der Waals surface area (Å²) in [6.45, 7) is 2.27. The minimum absolute atomic E-state index is 0.0685. The average molecular weight is 446 g/mol. The normalized spacial score (nSPS) is 11.1. The molecule has 0 atom stereocenters. The molecule has 5 nitrogen and oxygen atoms in total. The van der Waals surface area contributed by atoms with Gasteiger partial charge < -0.3 is 9.15 Å². The molecule has 4 rings (SSSR count). The largest absolute Gasteiger partial charge is 0.493 e. The molecule has 0 aliphatic rings. The topological polar surface area (TPSA) is 53.1 Å². The first-order valence-electron chi connectivity index (χ1n) is 9.35. The van der Waals surface area contributed by atoms with Gasteiger partial charge in [0.05, 0.1) is 11.6 Å². The van der Waals surface area contributed by atoms with Crippen LogP contribution in [-0.2, 0) is 6.42 Å². The zero-order chi connectivity index (χ0) is 21.1. The molecular weight excluding hydrogens is 428 g/mol. The molecule has 30 heavy (non-hydrogen) atoms. The van der Waals surface area contributed by atoms with Crippen LogP contribution >= 0.6 is 23.2 Å². The molecular formula is C22H18Cl2FN3O2. The Hall–Kier alpha value is -2.83. The third-order valence-corrected chi connectivity index (χ3v) is 5.10. The van der Waals surface area contributed by atoms with Crippen molar-refractivity contribution >= 4 is 23.2 Å². The molecule has 0 N–H and O–H groups in total. The molecule has 2 heterocycles. The number of ether oxygens (including phenoxy) is 1. The van der Waals surface area contributed by atoms with Crippen LogP contribution < -0.4 is 4.74 Å². The number of aromatic nitrogens is 3. The van der Waals surface area contributed by atoms with Gasteiger partial charge in [-0.15, -0.1) is 0 Å². The predicted octanol–water partition coefficient (Wildman–Crippen LogP) is 6.29. The first-order valence-corrected chi connectivity index (χ1v) is 10.1. The van der Waals surface area contributed by atoms with E-state index in [0.717, 1.165) is 22.8 Å². The van der Waals surface area contributed by atoms with Crippen molar-refractivity contribution in [3.8, 4) is 23.0 Å². The number of hydrogen-bond acceptors (Lipinski definition) is 4. The van der Waals surface area contributed by atoms with E-state index in [1.807, 2.05) is 31.2 Å². The van der Waals surface area contributed by atoms with E-state index < -0.39 is 5.82 Å². The summed E-state index contributed by atoms with van der Waals surface area (Å²) in [4.78, 5) is 8.90. The van der Waals surface area contributed by atoms with Crippen LogP contribution in [0.25, 0.3) is 17.3 Å².